The van der Waals surface area contributed by atoms with E-state index in [1.165, 1.54) is 0 Å². The van der Waals surface area contributed by atoms with Crippen LogP contribution in [0.5, 0.6) is 28.7 Å². The summed E-state index contributed by atoms with van der Waals surface area (Å²) in [6, 6.07) is 70.5. The van der Waals surface area contributed by atoms with E-state index >= 15 is 0 Å². The first-order chi connectivity index (χ1) is 53.8. The molecule has 10 aromatic carbocycles. The van der Waals surface area contributed by atoms with Gasteiger partial charge >= 0.3 is 0 Å². The minimum atomic E-state index is -0.190. The van der Waals surface area contributed by atoms with Crippen molar-refractivity contribution in [3.63, 3.8) is 0 Å². The average Bonchev–Trinajstić information content (AvgIpc) is 1.38. The number of tetrazole rings is 5. The molecule has 10 N–H and O–H groups in total. The van der Waals surface area contributed by atoms with Gasteiger partial charge in [0.25, 0.3) is 29.5 Å². The third-order valence-corrected chi connectivity index (χ3v) is 15.5. The van der Waals surface area contributed by atoms with Gasteiger partial charge in [-0.25, -0.2) is 0 Å². The Kier molecular flexibility index (Phi) is 25.9. The number of ether oxygens (including phenoxy) is 5. The predicted octanol–water partition coefficient (Wildman–Crippen LogP) is 10.6. The molecule has 0 saturated carbocycles. The second kappa shape index (κ2) is 37.9. The summed E-state index contributed by atoms with van der Waals surface area (Å²) in [7, 11) is 7.98. The van der Waals surface area contributed by atoms with Gasteiger partial charge in [0.1, 0.15) is 28.7 Å². The van der Waals surface area contributed by atoms with E-state index in [2.05, 4.69) is 130 Å². The molecule has 550 valence electrons. The second-order valence-corrected chi connectivity index (χ2v) is 22.5. The van der Waals surface area contributed by atoms with Gasteiger partial charge in [-0.3, -0.25) is 24.0 Å². The summed E-state index contributed by atoms with van der Waals surface area (Å²) in [4.78, 5) is 60.9. The van der Waals surface area contributed by atoms with E-state index in [1.807, 2.05) is 0 Å². The lowest BCUT2D eigenvalue weighted by Gasteiger charge is -2.06. The number of methoxy groups -OCH3 is 5. The molecule has 0 atom stereocenters. The number of rotatable bonds is 20. The summed E-state index contributed by atoms with van der Waals surface area (Å²) in [5.74, 6) is 5.18. The number of nitrogens with zero attached hydrogens (tertiary/aromatic N) is 15. The molecule has 0 radical (unpaired) electrons. The van der Waals surface area contributed by atoms with Crippen LogP contribution in [-0.2, 0) is 0 Å². The molecular formula is C75H65N25O10. The van der Waals surface area contributed by atoms with E-state index < -0.39 is 0 Å². The minimum absolute atomic E-state index is 0.190. The van der Waals surface area contributed by atoms with Crippen molar-refractivity contribution in [2.24, 2.45) is 0 Å². The van der Waals surface area contributed by atoms with Crippen LogP contribution in [0, 0.1) is 0 Å². The monoisotopic (exact) mass is 1480 g/mol. The van der Waals surface area contributed by atoms with Crippen LogP contribution in [0.25, 0.3) is 56.9 Å². The lowest BCUT2D eigenvalue weighted by atomic mass is 10.1. The zero-order valence-corrected chi connectivity index (χ0v) is 58.9. The maximum absolute atomic E-state index is 12.2. The van der Waals surface area contributed by atoms with Crippen molar-refractivity contribution in [3.05, 3.63) is 270 Å². The number of hydrogen-bond acceptors (Lipinski definition) is 25. The molecule has 110 heavy (non-hydrogen) atoms. The van der Waals surface area contributed by atoms with Gasteiger partial charge in [-0.1, -0.05) is 60.7 Å². The number of H-pyrrole nitrogens is 5. The van der Waals surface area contributed by atoms with Crippen molar-refractivity contribution in [1.29, 1.82) is 0 Å². The zero-order chi connectivity index (χ0) is 76.8. The molecule has 35 heteroatoms. The van der Waals surface area contributed by atoms with Gasteiger partial charge in [0.05, 0.1) is 35.5 Å². The Morgan fingerprint density at radius 2 is 0.364 bits per heavy atom. The largest absolute Gasteiger partial charge is 0.497 e. The Bertz CT molecular complexity index is 4540. The van der Waals surface area contributed by atoms with Crippen LogP contribution in [0.2, 0.25) is 0 Å². The van der Waals surface area contributed by atoms with Crippen LogP contribution in [-0.4, -0.2) is 168 Å². The molecule has 15 aromatic rings. The van der Waals surface area contributed by atoms with Crippen LogP contribution >= 0.6 is 0 Å². The Morgan fingerprint density at radius 3 is 0.482 bits per heavy atom. The topological polar surface area (TPSA) is 464 Å². The second-order valence-electron chi connectivity index (χ2n) is 22.5. The summed E-state index contributed by atoms with van der Waals surface area (Å²) in [6.07, 6.45) is 0. The van der Waals surface area contributed by atoms with Gasteiger partial charge in [-0.15, -0.1) is 51.0 Å². The number of amides is 5. The zero-order valence-electron chi connectivity index (χ0n) is 58.9. The van der Waals surface area contributed by atoms with E-state index in [9.17, 15) is 24.0 Å². The predicted molar refractivity (Wildman–Crippen MR) is 403 cm³/mol. The molecule has 0 aliphatic heterocycles. The molecule has 0 saturated heterocycles. The van der Waals surface area contributed by atoms with Gasteiger partial charge in [-0.2, -0.15) is 26.1 Å². The molecule has 0 fully saturated rings. The summed E-state index contributed by atoms with van der Waals surface area (Å²) in [5, 5.41) is 82.4. The SMILES string of the molecule is COc1ccc(NC(=O)c2ccc(-c3nn[nH]n3)cc2)cc1.COc1ccc(NC(=O)c2ccc(-c3nn[nH]n3)cc2)cc1.COc1ccc(NC(=O)c2ccc(-c3nn[nH]n3)cc2)cc1.COc1ccc(NC(=O)c2ccc(-c3nn[nH]n3)cc2)cc1.COc1ccc(NC(=O)c2ccc(-c3nn[nH]n3)cc2)cc1. The molecule has 0 aliphatic rings. The van der Waals surface area contributed by atoms with Crippen molar-refractivity contribution in [3.8, 4) is 85.7 Å². The third-order valence-electron chi connectivity index (χ3n) is 15.5. The average molecular weight is 1480 g/mol. The number of benzene rings is 10. The molecule has 5 aromatic heterocycles. The highest BCUT2D eigenvalue weighted by Gasteiger charge is 2.15. The fraction of sp³-hybridized carbons (Fsp3) is 0.0667. The van der Waals surface area contributed by atoms with Gasteiger partial charge in [0.15, 0.2) is 0 Å². The first kappa shape index (κ1) is 75.1. The lowest BCUT2D eigenvalue weighted by Crippen LogP contribution is -2.11. The molecular weight excluding hydrogens is 1410 g/mol. The Morgan fingerprint density at radius 1 is 0.218 bits per heavy atom. The maximum Gasteiger partial charge on any atom is 0.255 e. The maximum atomic E-state index is 12.2. The van der Waals surface area contributed by atoms with E-state index in [1.54, 1.807) is 278 Å². The smallest absolute Gasteiger partial charge is 0.255 e. The van der Waals surface area contributed by atoms with E-state index in [4.69, 9.17) is 23.7 Å². The van der Waals surface area contributed by atoms with Crippen molar-refractivity contribution in [1.82, 2.24) is 103 Å². The van der Waals surface area contributed by atoms with Crippen LogP contribution < -0.4 is 50.3 Å². The van der Waals surface area contributed by atoms with E-state index in [0.717, 1.165) is 56.6 Å². The van der Waals surface area contributed by atoms with Crippen molar-refractivity contribution < 1.29 is 47.7 Å². The highest BCUT2D eigenvalue weighted by molar-refractivity contribution is 6.07. The fourth-order valence-corrected chi connectivity index (χ4v) is 9.66. The highest BCUT2D eigenvalue weighted by Crippen LogP contribution is 2.25. The highest BCUT2D eigenvalue weighted by atomic mass is 16.5. The van der Waals surface area contributed by atoms with Gasteiger partial charge < -0.3 is 50.3 Å². The molecule has 0 bridgehead atoms. The summed E-state index contributed by atoms with van der Waals surface area (Å²) in [5.41, 5.74) is 10.2. The van der Waals surface area contributed by atoms with E-state index in [-0.39, 0.29) is 29.5 Å². The van der Waals surface area contributed by atoms with Crippen LogP contribution in [0.4, 0.5) is 28.4 Å². The molecule has 5 amide bonds. The molecule has 0 spiro atoms. The number of aromatic nitrogens is 20. The fourth-order valence-electron chi connectivity index (χ4n) is 9.66. The molecule has 15 rings (SSSR count). The summed E-state index contributed by atoms with van der Waals surface area (Å²) < 4.78 is 25.4. The van der Waals surface area contributed by atoms with Crippen molar-refractivity contribution in [2.45, 2.75) is 0 Å². The Labute approximate surface area is 624 Å². The summed E-state index contributed by atoms with van der Waals surface area (Å²) >= 11 is 0. The normalized spacial score (nSPS) is 10.2. The van der Waals surface area contributed by atoms with Crippen molar-refractivity contribution in [2.75, 3.05) is 62.1 Å². The first-order valence-electron chi connectivity index (χ1n) is 32.8. The number of hydrogen-bond donors (Lipinski definition) is 10. The molecule has 35 nitrogen and oxygen atoms in total. The Hall–Kier alpha value is -16.1. The number of aromatic amines is 5. The summed E-state index contributed by atoms with van der Waals surface area (Å²) in [6.45, 7) is 0. The number of carbonyl (C=O) groups is 5. The van der Waals surface area contributed by atoms with Gasteiger partial charge in [0, 0.05) is 84.1 Å². The number of nitrogens with one attached hydrogen (secondary N) is 10. The van der Waals surface area contributed by atoms with Crippen LogP contribution in [0.1, 0.15) is 51.8 Å². The van der Waals surface area contributed by atoms with Crippen LogP contribution in [0.15, 0.2) is 243 Å². The molecule has 0 aliphatic carbocycles. The van der Waals surface area contributed by atoms with Gasteiger partial charge in [-0.05, 0) is 208 Å². The van der Waals surface area contributed by atoms with Gasteiger partial charge in [0.2, 0.25) is 29.1 Å². The van der Waals surface area contributed by atoms with E-state index in [0.29, 0.717) is 85.4 Å². The van der Waals surface area contributed by atoms with Crippen LogP contribution in [0.3, 0.4) is 0 Å². The first-order valence-corrected chi connectivity index (χ1v) is 32.8. The quantitative estimate of drug-likeness (QED) is 0.0339. The minimum Gasteiger partial charge on any atom is -0.497 e. The molecule has 0 unspecified atom stereocenters. The molecule has 5 heterocycles. The third kappa shape index (κ3) is 21.3. The van der Waals surface area contributed by atoms with Crippen molar-refractivity contribution >= 4 is 58.0 Å². The number of carbonyl (C=O) groups excluding carboxylic acids is 5. The lowest BCUT2D eigenvalue weighted by molar-refractivity contribution is 0.101. The number of anilines is 5. The standard InChI is InChI=1S/5C15H13N5O2/c5*1-22-13-8-6-12(7-9-13)16-15(21)11-4-2-10(3-5-11)14-17-19-20-18-14/h5*2-9H,1H3,(H,16,21)(H,17,18,19,20). The Balaban J connectivity index is 0.000000136.